The van der Waals surface area contributed by atoms with Gasteiger partial charge in [0.1, 0.15) is 0 Å². The molecule has 1 amide bonds. The molecule has 0 aliphatic rings. The molecule has 0 heterocycles. The minimum Gasteiger partial charge on any atom is -0.351 e. The van der Waals surface area contributed by atoms with E-state index in [1.807, 2.05) is 43.1 Å². The molecule has 4 heteroatoms. The summed E-state index contributed by atoms with van der Waals surface area (Å²) in [5.41, 5.74) is 3.46. The highest BCUT2D eigenvalue weighted by atomic mass is 35.5. The minimum atomic E-state index is -0.215. The molecule has 1 atom stereocenters. The summed E-state index contributed by atoms with van der Waals surface area (Å²) in [5.74, 6) is 0.530. The second-order valence-corrected chi connectivity index (χ2v) is 7.20. The Morgan fingerprint density at radius 3 is 2.32 bits per heavy atom. The number of carbonyl (C=O) groups excluding carboxylic acids is 1. The number of rotatable bonds is 7. The molecule has 2 rings (SSSR count). The van der Waals surface area contributed by atoms with Gasteiger partial charge in [-0.25, -0.2) is 0 Å². The van der Waals surface area contributed by atoms with Crippen LogP contribution in [0.1, 0.15) is 43.4 Å². The summed E-state index contributed by atoms with van der Waals surface area (Å²) in [6.07, 6.45) is 0. The molecule has 0 aliphatic carbocycles. The Labute approximate surface area is 156 Å². The van der Waals surface area contributed by atoms with Crippen molar-refractivity contribution in [3.05, 3.63) is 70.2 Å². The van der Waals surface area contributed by atoms with Gasteiger partial charge in [-0.15, -0.1) is 0 Å². The molecule has 0 bridgehead atoms. The zero-order chi connectivity index (χ0) is 18.4. The van der Waals surface area contributed by atoms with E-state index in [0.29, 0.717) is 17.5 Å². The van der Waals surface area contributed by atoms with Crippen molar-refractivity contribution in [3.63, 3.8) is 0 Å². The van der Waals surface area contributed by atoms with Gasteiger partial charge < -0.3 is 5.32 Å². The second kappa shape index (κ2) is 9.02. The first-order valence-corrected chi connectivity index (χ1v) is 9.06. The molecule has 0 saturated heterocycles. The highest BCUT2D eigenvalue weighted by molar-refractivity contribution is 6.31. The predicted molar refractivity (Wildman–Crippen MR) is 105 cm³/mol. The van der Waals surface area contributed by atoms with Crippen LogP contribution in [-0.4, -0.2) is 23.9 Å². The summed E-state index contributed by atoms with van der Waals surface area (Å²) in [4.78, 5) is 14.5. The van der Waals surface area contributed by atoms with E-state index in [0.717, 1.165) is 12.1 Å². The SMILES string of the molecule is CC(C)c1ccc(CN(C)C(C)C(=O)NCc2ccccc2Cl)cc1. The fraction of sp³-hybridized carbons (Fsp3) is 0.381. The highest BCUT2D eigenvalue weighted by Gasteiger charge is 2.18. The summed E-state index contributed by atoms with van der Waals surface area (Å²) < 4.78 is 0. The number of hydrogen-bond donors (Lipinski definition) is 1. The molecule has 1 N–H and O–H groups in total. The van der Waals surface area contributed by atoms with Gasteiger partial charge in [-0.2, -0.15) is 0 Å². The lowest BCUT2D eigenvalue weighted by Gasteiger charge is -2.24. The van der Waals surface area contributed by atoms with Crippen LogP contribution in [0, 0.1) is 0 Å². The van der Waals surface area contributed by atoms with E-state index in [2.05, 4.69) is 43.4 Å². The van der Waals surface area contributed by atoms with E-state index in [4.69, 9.17) is 11.6 Å². The van der Waals surface area contributed by atoms with Crippen LogP contribution in [0.5, 0.6) is 0 Å². The zero-order valence-corrected chi connectivity index (χ0v) is 16.2. The number of nitrogens with one attached hydrogen (secondary N) is 1. The Morgan fingerprint density at radius 2 is 1.72 bits per heavy atom. The van der Waals surface area contributed by atoms with E-state index in [-0.39, 0.29) is 11.9 Å². The molecule has 0 saturated carbocycles. The third-order valence-electron chi connectivity index (χ3n) is 4.53. The predicted octanol–water partition coefficient (Wildman–Crippen LogP) is 4.60. The molecule has 0 radical (unpaired) electrons. The van der Waals surface area contributed by atoms with Crippen molar-refractivity contribution in [2.75, 3.05) is 7.05 Å². The molecule has 1 unspecified atom stereocenters. The maximum absolute atomic E-state index is 12.4. The average Bonchev–Trinajstić information content (AvgIpc) is 2.60. The normalized spacial score (nSPS) is 12.4. The van der Waals surface area contributed by atoms with Crippen LogP contribution in [-0.2, 0) is 17.9 Å². The van der Waals surface area contributed by atoms with Crippen LogP contribution in [0.4, 0.5) is 0 Å². The van der Waals surface area contributed by atoms with Crippen LogP contribution in [0.3, 0.4) is 0 Å². The van der Waals surface area contributed by atoms with Gasteiger partial charge in [-0.3, -0.25) is 9.69 Å². The summed E-state index contributed by atoms with van der Waals surface area (Å²) in [6, 6.07) is 15.9. The molecule has 2 aromatic rings. The van der Waals surface area contributed by atoms with Crippen molar-refractivity contribution >= 4 is 17.5 Å². The van der Waals surface area contributed by atoms with Gasteiger partial charge in [-0.05, 0) is 42.6 Å². The van der Waals surface area contributed by atoms with Gasteiger partial charge in [0.2, 0.25) is 5.91 Å². The smallest absolute Gasteiger partial charge is 0.237 e. The van der Waals surface area contributed by atoms with E-state index in [9.17, 15) is 4.79 Å². The Kier molecular flexibility index (Phi) is 7.03. The van der Waals surface area contributed by atoms with Crippen LogP contribution in [0.15, 0.2) is 48.5 Å². The second-order valence-electron chi connectivity index (χ2n) is 6.80. The fourth-order valence-electron chi connectivity index (χ4n) is 2.60. The van der Waals surface area contributed by atoms with Crippen LogP contribution in [0.25, 0.3) is 0 Å². The van der Waals surface area contributed by atoms with Crippen LogP contribution in [0.2, 0.25) is 5.02 Å². The molecule has 25 heavy (non-hydrogen) atoms. The van der Waals surface area contributed by atoms with Crippen molar-refractivity contribution in [3.8, 4) is 0 Å². The van der Waals surface area contributed by atoms with Crippen LogP contribution >= 0.6 is 11.6 Å². The number of nitrogens with zero attached hydrogens (tertiary/aromatic N) is 1. The van der Waals surface area contributed by atoms with Crippen molar-refractivity contribution in [2.24, 2.45) is 0 Å². The number of benzene rings is 2. The van der Waals surface area contributed by atoms with Crippen molar-refractivity contribution in [1.82, 2.24) is 10.2 Å². The monoisotopic (exact) mass is 358 g/mol. The van der Waals surface area contributed by atoms with E-state index in [1.165, 1.54) is 11.1 Å². The third kappa shape index (κ3) is 5.58. The molecule has 0 aliphatic heterocycles. The van der Waals surface area contributed by atoms with Crippen molar-refractivity contribution in [2.45, 2.75) is 45.8 Å². The number of halogens is 1. The Balaban J connectivity index is 1.89. The molecular weight excluding hydrogens is 332 g/mol. The van der Waals surface area contributed by atoms with E-state index in [1.54, 1.807) is 0 Å². The minimum absolute atomic E-state index is 0.00113. The van der Waals surface area contributed by atoms with E-state index >= 15 is 0 Å². The van der Waals surface area contributed by atoms with Gasteiger partial charge in [-0.1, -0.05) is 67.9 Å². The summed E-state index contributed by atoms with van der Waals surface area (Å²) in [5, 5.41) is 3.64. The van der Waals surface area contributed by atoms with Gasteiger partial charge in [0.05, 0.1) is 6.04 Å². The van der Waals surface area contributed by atoms with Crippen LogP contribution < -0.4 is 5.32 Å². The molecule has 3 nitrogen and oxygen atoms in total. The molecule has 2 aromatic carbocycles. The maximum atomic E-state index is 12.4. The van der Waals surface area contributed by atoms with Gasteiger partial charge >= 0.3 is 0 Å². The maximum Gasteiger partial charge on any atom is 0.237 e. The first-order valence-electron chi connectivity index (χ1n) is 8.68. The number of carbonyl (C=O) groups is 1. The summed E-state index contributed by atoms with van der Waals surface area (Å²) >= 11 is 6.13. The topological polar surface area (TPSA) is 32.3 Å². The van der Waals surface area contributed by atoms with Gasteiger partial charge in [0, 0.05) is 18.1 Å². The van der Waals surface area contributed by atoms with Gasteiger partial charge in [0.15, 0.2) is 0 Å². The van der Waals surface area contributed by atoms with Crippen molar-refractivity contribution in [1.29, 1.82) is 0 Å². The summed E-state index contributed by atoms with van der Waals surface area (Å²) in [7, 11) is 1.97. The Hall–Kier alpha value is -1.84. The average molecular weight is 359 g/mol. The number of likely N-dealkylation sites (N-methyl/N-ethyl adjacent to an activating group) is 1. The third-order valence-corrected chi connectivity index (χ3v) is 4.90. The Morgan fingerprint density at radius 1 is 1.08 bits per heavy atom. The van der Waals surface area contributed by atoms with Crippen molar-refractivity contribution < 1.29 is 4.79 Å². The summed E-state index contributed by atoms with van der Waals surface area (Å²) in [6.45, 7) is 7.47. The fourth-order valence-corrected chi connectivity index (χ4v) is 2.81. The molecular formula is C21H27ClN2O. The molecule has 0 aromatic heterocycles. The molecule has 0 spiro atoms. The Bertz CT molecular complexity index is 697. The molecule has 0 fully saturated rings. The zero-order valence-electron chi connectivity index (χ0n) is 15.4. The number of amides is 1. The highest BCUT2D eigenvalue weighted by Crippen LogP contribution is 2.16. The lowest BCUT2D eigenvalue weighted by Crippen LogP contribution is -2.42. The first kappa shape index (κ1) is 19.5. The number of hydrogen-bond acceptors (Lipinski definition) is 2. The quantitative estimate of drug-likeness (QED) is 0.784. The molecule has 134 valence electrons. The lowest BCUT2D eigenvalue weighted by atomic mass is 10.0. The largest absolute Gasteiger partial charge is 0.351 e. The standard InChI is InChI=1S/C21H27ClN2O/c1-15(2)18-11-9-17(10-12-18)14-24(4)16(3)21(25)23-13-19-7-5-6-8-20(19)22/h5-12,15-16H,13-14H2,1-4H3,(H,23,25). The lowest BCUT2D eigenvalue weighted by molar-refractivity contribution is -0.125. The first-order chi connectivity index (χ1) is 11.9. The van der Waals surface area contributed by atoms with E-state index < -0.39 is 0 Å². The van der Waals surface area contributed by atoms with Gasteiger partial charge in [0.25, 0.3) is 0 Å².